The summed E-state index contributed by atoms with van der Waals surface area (Å²) in [6.07, 6.45) is 3.01. The van der Waals surface area contributed by atoms with E-state index in [-0.39, 0.29) is 6.61 Å². The van der Waals surface area contributed by atoms with Crippen molar-refractivity contribution in [3.05, 3.63) is 23.8 Å². The van der Waals surface area contributed by atoms with Gasteiger partial charge in [0.2, 0.25) is 0 Å². The Hall–Kier alpha value is -0.880. The van der Waals surface area contributed by atoms with Gasteiger partial charge in [0.05, 0.1) is 6.61 Å². The fraction of sp³-hybridized carbons (Fsp3) is 0.455. The highest BCUT2D eigenvalue weighted by Gasteiger charge is 2.25. The Morgan fingerprint density at radius 3 is 2.50 bits per heavy atom. The Labute approximate surface area is 108 Å². The molecular weight excluding hydrogens is 286 g/mol. The predicted molar refractivity (Wildman–Crippen MR) is 62.2 cm³/mol. The Balaban J connectivity index is 2.31. The molecule has 0 heterocycles. The number of rotatable bonds is 4. The Kier molecular flexibility index (Phi) is 3.77. The number of ether oxygens (including phenoxy) is 1. The number of hydrogen-bond donors (Lipinski definition) is 0. The Morgan fingerprint density at radius 1 is 1.33 bits per heavy atom. The lowest BCUT2D eigenvalue weighted by molar-refractivity contribution is 0.171. The van der Waals surface area contributed by atoms with Crippen LogP contribution in [0.4, 0.5) is 8.78 Å². The second-order valence-electron chi connectivity index (χ2n) is 4.26. The first kappa shape index (κ1) is 13.5. The van der Waals surface area contributed by atoms with E-state index in [1.807, 2.05) is 0 Å². The van der Waals surface area contributed by atoms with Crippen molar-refractivity contribution in [2.24, 2.45) is 5.92 Å². The molecule has 1 aliphatic rings. The first-order valence-electron chi connectivity index (χ1n) is 5.44. The minimum absolute atomic E-state index is 0.210. The summed E-state index contributed by atoms with van der Waals surface area (Å²) in [5.74, 6) is -2.28. The van der Waals surface area contributed by atoms with Crippen LogP contribution in [0.3, 0.4) is 0 Å². The van der Waals surface area contributed by atoms with Crippen LogP contribution in [0.1, 0.15) is 19.3 Å². The molecule has 0 bridgehead atoms. The monoisotopic (exact) mass is 296 g/mol. The van der Waals surface area contributed by atoms with Crippen LogP contribution >= 0.6 is 10.7 Å². The largest absolute Gasteiger partial charge is 0.489 e. The second-order valence-corrected chi connectivity index (χ2v) is 6.80. The molecule has 100 valence electrons. The highest BCUT2D eigenvalue weighted by Crippen LogP contribution is 2.33. The third kappa shape index (κ3) is 2.92. The molecule has 1 aromatic rings. The molecule has 0 spiro atoms. The van der Waals surface area contributed by atoms with Crippen molar-refractivity contribution < 1.29 is 21.9 Å². The Bertz CT molecular complexity index is 556. The predicted octanol–water partition coefficient (Wildman–Crippen LogP) is 3.07. The van der Waals surface area contributed by atoms with Crippen LogP contribution in [0.25, 0.3) is 0 Å². The van der Waals surface area contributed by atoms with E-state index in [1.165, 1.54) is 0 Å². The molecule has 0 aliphatic heterocycles. The van der Waals surface area contributed by atoms with Crippen molar-refractivity contribution in [3.63, 3.8) is 0 Å². The van der Waals surface area contributed by atoms with Gasteiger partial charge < -0.3 is 4.74 Å². The molecule has 1 aromatic carbocycles. The van der Waals surface area contributed by atoms with Crippen LogP contribution < -0.4 is 4.74 Å². The molecular formula is C11H11ClF2O3S. The molecule has 18 heavy (non-hydrogen) atoms. The maximum absolute atomic E-state index is 13.5. The standard InChI is InChI=1S/C11H11ClF2O3S/c12-18(15,16)10-5-8(13)4-9(14)11(10)17-6-7-2-1-3-7/h4-5,7H,1-3,6H2. The van der Waals surface area contributed by atoms with Gasteiger partial charge in [-0.1, -0.05) is 6.42 Å². The molecule has 0 N–H and O–H groups in total. The number of halogens is 3. The second kappa shape index (κ2) is 5.01. The van der Waals surface area contributed by atoms with Gasteiger partial charge in [-0.15, -0.1) is 0 Å². The molecule has 2 rings (SSSR count). The van der Waals surface area contributed by atoms with E-state index < -0.39 is 31.3 Å². The average molecular weight is 297 g/mol. The fourth-order valence-corrected chi connectivity index (χ4v) is 2.69. The molecule has 3 nitrogen and oxygen atoms in total. The summed E-state index contributed by atoms with van der Waals surface area (Å²) in [6.45, 7) is 0.210. The zero-order chi connectivity index (χ0) is 13.3. The first-order valence-corrected chi connectivity index (χ1v) is 7.75. The van der Waals surface area contributed by atoms with Gasteiger partial charge in [-0.3, -0.25) is 0 Å². The third-order valence-corrected chi connectivity index (χ3v) is 4.25. The molecule has 1 fully saturated rings. The van der Waals surface area contributed by atoms with Crippen molar-refractivity contribution in [1.29, 1.82) is 0 Å². The number of benzene rings is 1. The van der Waals surface area contributed by atoms with Gasteiger partial charge in [0.15, 0.2) is 11.6 Å². The molecule has 1 aliphatic carbocycles. The van der Waals surface area contributed by atoms with Gasteiger partial charge >= 0.3 is 0 Å². The van der Waals surface area contributed by atoms with Crippen molar-refractivity contribution in [2.45, 2.75) is 24.2 Å². The van der Waals surface area contributed by atoms with Crippen molar-refractivity contribution in [2.75, 3.05) is 6.61 Å². The van der Waals surface area contributed by atoms with Gasteiger partial charge in [0.1, 0.15) is 10.7 Å². The molecule has 0 aromatic heterocycles. The smallest absolute Gasteiger partial charge is 0.265 e. The van der Waals surface area contributed by atoms with Crippen LogP contribution in [0.2, 0.25) is 0 Å². The van der Waals surface area contributed by atoms with E-state index in [0.29, 0.717) is 18.1 Å². The van der Waals surface area contributed by atoms with Crippen molar-refractivity contribution in [3.8, 4) is 5.75 Å². The molecule has 0 saturated heterocycles. The molecule has 0 amide bonds. The molecule has 1 saturated carbocycles. The zero-order valence-electron chi connectivity index (χ0n) is 9.33. The topological polar surface area (TPSA) is 43.4 Å². The van der Waals surface area contributed by atoms with E-state index >= 15 is 0 Å². The van der Waals surface area contributed by atoms with E-state index in [9.17, 15) is 17.2 Å². The minimum Gasteiger partial charge on any atom is -0.489 e. The summed E-state index contributed by atoms with van der Waals surface area (Å²) in [6, 6.07) is 1.23. The fourth-order valence-electron chi connectivity index (χ4n) is 1.72. The van der Waals surface area contributed by atoms with Crippen molar-refractivity contribution >= 4 is 19.7 Å². The van der Waals surface area contributed by atoms with Gasteiger partial charge in [-0.05, 0) is 24.8 Å². The first-order chi connectivity index (χ1) is 8.38. The lowest BCUT2D eigenvalue weighted by Gasteiger charge is -2.25. The van der Waals surface area contributed by atoms with Gasteiger partial charge in [-0.2, -0.15) is 0 Å². The summed E-state index contributed by atoms with van der Waals surface area (Å²) >= 11 is 0. The molecule has 0 atom stereocenters. The molecule has 7 heteroatoms. The minimum atomic E-state index is -4.25. The van der Waals surface area contributed by atoms with E-state index in [2.05, 4.69) is 0 Å². The van der Waals surface area contributed by atoms with Crippen LogP contribution in [0, 0.1) is 17.6 Å². The Morgan fingerprint density at radius 2 is 2.00 bits per heavy atom. The lowest BCUT2D eigenvalue weighted by atomic mass is 9.86. The average Bonchev–Trinajstić information content (AvgIpc) is 2.16. The number of hydrogen-bond acceptors (Lipinski definition) is 3. The van der Waals surface area contributed by atoms with Gasteiger partial charge in [0.25, 0.3) is 9.05 Å². The zero-order valence-corrected chi connectivity index (χ0v) is 10.9. The van der Waals surface area contributed by atoms with Crippen LogP contribution in [0.5, 0.6) is 5.75 Å². The van der Waals surface area contributed by atoms with Crippen LogP contribution in [-0.2, 0) is 9.05 Å². The van der Waals surface area contributed by atoms with Gasteiger partial charge in [-0.25, -0.2) is 17.2 Å². The van der Waals surface area contributed by atoms with E-state index in [1.54, 1.807) is 0 Å². The van der Waals surface area contributed by atoms with E-state index in [0.717, 1.165) is 19.3 Å². The summed E-state index contributed by atoms with van der Waals surface area (Å²) in [7, 11) is 0.882. The maximum atomic E-state index is 13.5. The van der Waals surface area contributed by atoms with Crippen LogP contribution in [-0.4, -0.2) is 15.0 Å². The summed E-state index contributed by atoms with van der Waals surface area (Å²) < 4.78 is 54.1. The third-order valence-electron chi connectivity index (χ3n) is 2.93. The quantitative estimate of drug-likeness (QED) is 0.802. The highest BCUT2D eigenvalue weighted by molar-refractivity contribution is 8.13. The SMILES string of the molecule is O=S(=O)(Cl)c1cc(F)cc(F)c1OCC1CCC1. The van der Waals surface area contributed by atoms with Crippen LogP contribution in [0.15, 0.2) is 17.0 Å². The normalized spacial score (nSPS) is 16.4. The summed E-state index contributed by atoms with van der Waals surface area (Å²) in [5.41, 5.74) is 0. The van der Waals surface area contributed by atoms with E-state index in [4.69, 9.17) is 15.4 Å². The summed E-state index contributed by atoms with van der Waals surface area (Å²) in [4.78, 5) is -0.666. The summed E-state index contributed by atoms with van der Waals surface area (Å²) in [5, 5.41) is 0. The lowest BCUT2D eigenvalue weighted by Crippen LogP contribution is -2.20. The molecule has 0 unspecified atom stereocenters. The van der Waals surface area contributed by atoms with Gasteiger partial charge in [0, 0.05) is 16.7 Å². The van der Waals surface area contributed by atoms with Crippen molar-refractivity contribution in [1.82, 2.24) is 0 Å². The highest BCUT2D eigenvalue weighted by atomic mass is 35.7. The molecule has 0 radical (unpaired) electrons. The maximum Gasteiger partial charge on any atom is 0.265 e.